The molecule has 2 unspecified atom stereocenters. The number of rotatable bonds is 5. The first-order valence-electron chi connectivity index (χ1n) is 14.6. The molecule has 3 aliphatic rings. The van der Waals surface area contributed by atoms with E-state index in [0.717, 1.165) is 50.2 Å². The first-order valence-corrected chi connectivity index (χ1v) is 15.4. The molecule has 0 spiro atoms. The molecule has 1 saturated heterocycles. The largest absolute Gasteiger partial charge is 0.422 e. The van der Waals surface area contributed by atoms with Crippen LogP contribution in [0, 0.1) is 41.5 Å². The predicted octanol–water partition coefficient (Wildman–Crippen LogP) is 7.44. The molecule has 0 aliphatic carbocycles. The lowest BCUT2D eigenvalue weighted by molar-refractivity contribution is -0.249. The fourth-order valence-electron chi connectivity index (χ4n) is 6.73. The summed E-state index contributed by atoms with van der Waals surface area (Å²) in [6, 6.07) is 27.6. The zero-order valence-electron chi connectivity index (χ0n) is 25.5. The number of aryl methyl sites for hydroxylation is 6. The Balaban J connectivity index is 1.48. The number of hydroxylamine groups is 1. The highest BCUT2D eigenvalue weighted by atomic mass is 32.2. The molecule has 222 valence electrons. The molecule has 0 bridgehead atoms. The van der Waals surface area contributed by atoms with Gasteiger partial charge in [-0.25, -0.2) is 9.14 Å². The first kappa shape index (κ1) is 28.3. The minimum absolute atomic E-state index is 0.223. The van der Waals surface area contributed by atoms with Crippen molar-refractivity contribution >= 4 is 35.1 Å². The maximum Gasteiger partial charge on any atom is 0.351 e. The van der Waals surface area contributed by atoms with Crippen LogP contribution >= 0.6 is 11.9 Å². The van der Waals surface area contributed by atoms with Gasteiger partial charge in [0.25, 0.3) is 16.7 Å². The molecule has 4 aromatic rings. The fourth-order valence-corrected chi connectivity index (χ4v) is 8.06. The van der Waals surface area contributed by atoms with E-state index in [9.17, 15) is 4.79 Å². The van der Waals surface area contributed by atoms with E-state index in [4.69, 9.17) is 14.4 Å². The van der Waals surface area contributed by atoms with Gasteiger partial charge in [-0.1, -0.05) is 83.9 Å². The number of nitrogens with one attached hydrogen (secondary N) is 1. The number of amides is 1. The number of hydrogen-bond acceptors (Lipinski definition) is 7. The Labute approximate surface area is 261 Å². The summed E-state index contributed by atoms with van der Waals surface area (Å²) in [5.74, 6) is -1.55. The second kappa shape index (κ2) is 10.3. The molecule has 0 aromatic heterocycles. The number of nitrogens with zero attached hydrogens (tertiary/aromatic N) is 2. The molecule has 3 heterocycles. The van der Waals surface area contributed by atoms with Crippen molar-refractivity contribution in [2.45, 2.75) is 52.3 Å². The molecule has 0 radical (unpaired) electrons. The summed E-state index contributed by atoms with van der Waals surface area (Å²) in [7, 11) is 0. The lowest BCUT2D eigenvalue weighted by atomic mass is 9.88. The molecule has 2 atom stereocenters. The Morgan fingerprint density at radius 2 is 1.30 bits per heavy atom. The van der Waals surface area contributed by atoms with Crippen LogP contribution in [0.25, 0.3) is 5.70 Å². The quantitative estimate of drug-likeness (QED) is 0.239. The van der Waals surface area contributed by atoms with E-state index in [1.807, 2.05) is 88.4 Å². The van der Waals surface area contributed by atoms with Gasteiger partial charge in [-0.3, -0.25) is 10.3 Å². The maximum atomic E-state index is 14.7. The van der Waals surface area contributed by atoms with Crippen molar-refractivity contribution in [3.63, 3.8) is 0 Å². The van der Waals surface area contributed by atoms with Crippen LogP contribution in [0.1, 0.15) is 50.1 Å². The zero-order chi connectivity index (χ0) is 30.8. The van der Waals surface area contributed by atoms with Crippen molar-refractivity contribution in [1.82, 2.24) is 5.48 Å². The second-order valence-corrected chi connectivity index (χ2v) is 12.8. The van der Waals surface area contributed by atoms with Crippen molar-refractivity contribution in [1.29, 1.82) is 0 Å². The van der Waals surface area contributed by atoms with Crippen LogP contribution in [0.2, 0.25) is 0 Å². The summed E-state index contributed by atoms with van der Waals surface area (Å²) < 4.78 is 8.60. The molecule has 3 aliphatic heterocycles. The Kier molecular flexibility index (Phi) is 6.60. The van der Waals surface area contributed by atoms with E-state index >= 15 is 0 Å². The standard InChI is InChI=1S/C36H33N3O4S/c1-21-17-23(3)29(24(4)18-21)32-31-34(40)39(28-15-11-8-12-16-28)44-36(31,43-37-32)35(27-13-9-7-10-14-27)41-33(38-42-35)30-25(5)19-22(2)20-26(30)6/h7-20,37H,1-6H3. The number of ether oxygens (including phenoxy) is 1. The number of hydrogen-bond donors (Lipinski definition) is 1. The van der Waals surface area contributed by atoms with E-state index in [0.29, 0.717) is 22.7 Å². The van der Waals surface area contributed by atoms with Crippen molar-refractivity contribution in [2.75, 3.05) is 4.31 Å². The molecule has 7 rings (SSSR count). The van der Waals surface area contributed by atoms with E-state index in [1.54, 1.807) is 4.31 Å². The minimum Gasteiger partial charge on any atom is -0.422 e. The first-order chi connectivity index (χ1) is 21.1. The van der Waals surface area contributed by atoms with Gasteiger partial charge < -0.3 is 9.57 Å². The summed E-state index contributed by atoms with van der Waals surface area (Å²) in [5, 5.41) is 4.58. The van der Waals surface area contributed by atoms with E-state index in [1.165, 1.54) is 11.9 Å². The van der Waals surface area contributed by atoms with Gasteiger partial charge in [-0.15, -0.1) is 0 Å². The summed E-state index contributed by atoms with van der Waals surface area (Å²) in [4.78, 5) is 26.3. The number of fused-ring (bicyclic) bond motifs is 1. The van der Waals surface area contributed by atoms with Crippen molar-refractivity contribution in [2.24, 2.45) is 5.16 Å². The Morgan fingerprint density at radius 3 is 1.89 bits per heavy atom. The van der Waals surface area contributed by atoms with E-state index in [-0.39, 0.29) is 5.91 Å². The van der Waals surface area contributed by atoms with Crippen LogP contribution < -0.4 is 9.79 Å². The van der Waals surface area contributed by atoms with Gasteiger partial charge in [0.2, 0.25) is 0 Å². The van der Waals surface area contributed by atoms with Crippen LogP contribution in [-0.2, 0) is 25.0 Å². The van der Waals surface area contributed by atoms with Crippen molar-refractivity contribution in [3.8, 4) is 0 Å². The normalized spacial score (nSPS) is 22.5. The molecule has 1 N–H and O–H groups in total. The summed E-state index contributed by atoms with van der Waals surface area (Å²) in [5.41, 5.74) is 13.7. The highest BCUT2D eigenvalue weighted by Crippen LogP contribution is 2.63. The average molecular weight is 604 g/mol. The highest BCUT2D eigenvalue weighted by molar-refractivity contribution is 8.03. The van der Waals surface area contributed by atoms with Crippen molar-refractivity contribution in [3.05, 3.63) is 141 Å². The predicted molar refractivity (Wildman–Crippen MR) is 174 cm³/mol. The number of benzene rings is 4. The summed E-state index contributed by atoms with van der Waals surface area (Å²) >= 11 is 1.22. The number of para-hydroxylation sites is 1. The molecule has 44 heavy (non-hydrogen) atoms. The van der Waals surface area contributed by atoms with Gasteiger partial charge in [-0.2, -0.15) is 0 Å². The molecule has 1 amide bonds. The van der Waals surface area contributed by atoms with Gasteiger partial charge >= 0.3 is 5.79 Å². The van der Waals surface area contributed by atoms with Gasteiger partial charge in [0.05, 0.1) is 17.0 Å². The molecular formula is C36H33N3O4S. The zero-order valence-corrected chi connectivity index (χ0v) is 26.3. The molecule has 7 nitrogen and oxygen atoms in total. The van der Waals surface area contributed by atoms with Gasteiger partial charge in [0.1, 0.15) is 0 Å². The molecule has 4 aromatic carbocycles. The lowest BCUT2D eigenvalue weighted by Gasteiger charge is -2.38. The Hall–Kier alpha value is -4.53. The molecule has 0 saturated carbocycles. The van der Waals surface area contributed by atoms with Gasteiger partial charge in [0.15, 0.2) is 0 Å². The lowest BCUT2D eigenvalue weighted by Crippen LogP contribution is -2.52. The fraction of sp³-hybridized carbons (Fsp3) is 0.222. The third kappa shape index (κ3) is 4.08. The third-order valence-corrected chi connectivity index (χ3v) is 9.76. The molecule has 8 heteroatoms. The average Bonchev–Trinajstić information content (AvgIpc) is 3.67. The number of carbonyl (C=O) groups is 1. The second-order valence-electron chi connectivity index (χ2n) is 11.7. The minimum atomic E-state index is -1.66. The Morgan fingerprint density at radius 1 is 0.750 bits per heavy atom. The van der Waals surface area contributed by atoms with Crippen LogP contribution in [0.15, 0.2) is 95.7 Å². The number of anilines is 1. The van der Waals surface area contributed by atoms with Crippen LogP contribution in [-0.4, -0.2) is 16.7 Å². The van der Waals surface area contributed by atoms with Gasteiger partial charge in [-0.05, 0) is 81.1 Å². The molecular weight excluding hydrogens is 570 g/mol. The highest BCUT2D eigenvalue weighted by Gasteiger charge is 2.74. The maximum absolute atomic E-state index is 14.7. The Bertz CT molecular complexity index is 1840. The SMILES string of the molecule is Cc1cc(C)c(C2=NOC(c3ccccc3)(C34ONC(c5c(C)cc(C)cc5C)=C3C(=O)N(c3ccccc3)S4)O2)c(C)c1. The summed E-state index contributed by atoms with van der Waals surface area (Å²) in [6.45, 7) is 12.3. The van der Waals surface area contributed by atoms with Crippen LogP contribution in [0.3, 0.4) is 0 Å². The van der Waals surface area contributed by atoms with Crippen LogP contribution in [0.5, 0.6) is 0 Å². The smallest absolute Gasteiger partial charge is 0.351 e. The topological polar surface area (TPSA) is 72.4 Å². The third-order valence-electron chi connectivity index (χ3n) is 8.39. The number of oxime groups is 1. The molecule has 1 fully saturated rings. The monoisotopic (exact) mass is 603 g/mol. The van der Waals surface area contributed by atoms with Crippen molar-refractivity contribution < 1.29 is 19.2 Å². The van der Waals surface area contributed by atoms with E-state index < -0.39 is 10.7 Å². The van der Waals surface area contributed by atoms with Crippen LogP contribution in [0.4, 0.5) is 5.69 Å². The van der Waals surface area contributed by atoms with Gasteiger partial charge in [0, 0.05) is 28.6 Å². The van der Waals surface area contributed by atoms with E-state index in [2.05, 4.69) is 48.7 Å². The summed E-state index contributed by atoms with van der Waals surface area (Å²) in [6.07, 6.45) is 0. The number of carbonyl (C=O) groups excluding carboxylic acids is 1.